The Kier molecular flexibility index (Phi) is 4.25. The molecule has 0 radical (unpaired) electrons. The van der Waals surface area contributed by atoms with Crippen LogP contribution in [0.1, 0.15) is 19.8 Å². The van der Waals surface area contributed by atoms with Gasteiger partial charge in [0.15, 0.2) is 11.5 Å². The van der Waals surface area contributed by atoms with E-state index in [1.165, 1.54) is 6.42 Å². The van der Waals surface area contributed by atoms with Crippen molar-refractivity contribution in [2.24, 2.45) is 5.92 Å². The molecule has 0 saturated carbocycles. The molecular weight excluding hydrogens is 302 g/mol. The second-order valence-electron chi connectivity index (χ2n) is 5.73. The summed E-state index contributed by atoms with van der Waals surface area (Å²) in [6.45, 7) is 4.23. The maximum absolute atomic E-state index is 6.13. The molecule has 0 bridgehead atoms. The van der Waals surface area contributed by atoms with Crippen molar-refractivity contribution in [3.05, 3.63) is 17.4 Å². The predicted octanol–water partition coefficient (Wildman–Crippen LogP) is 3.54. The molecule has 1 aliphatic heterocycles. The SMILES string of the molecule is COc1cc2nc(Cl)nc(N3CCCC(C)C3)c2cc1OC. The number of benzene rings is 1. The molecular formula is C16H20ClN3O2. The lowest BCUT2D eigenvalue weighted by Crippen LogP contribution is -2.35. The standard InChI is InChI=1S/C16H20ClN3O2/c1-10-5-4-6-20(9-10)15-11-7-13(21-2)14(22-3)8-12(11)18-16(17)19-15/h7-8,10H,4-6,9H2,1-3H3. The molecule has 1 aliphatic rings. The molecule has 1 unspecified atom stereocenters. The summed E-state index contributed by atoms with van der Waals surface area (Å²) in [6, 6.07) is 3.78. The van der Waals surface area contributed by atoms with Crippen LogP contribution in [0.25, 0.3) is 10.9 Å². The number of piperidine rings is 1. The summed E-state index contributed by atoms with van der Waals surface area (Å²) >= 11 is 6.13. The zero-order chi connectivity index (χ0) is 15.7. The number of anilines is 1. The van der Waals surface area contributed by atoms with Gasteiger partial charge in [0.25, 0.3) is 0 Å². The van der Waals surface area contributed by atoms with Gasteiger partial charge < -0.3 is 14.4 Å². The summed E-state index contributed by atoms with van der Waals surface area (Å²) in [7, 11) is 3.24. The van der Waals surface area contributed by atoms with Crippen LogP contribution in [-0.2, 0) is 0 Å². The number of hydrogen-bond acceptors (Lipinski definition) is 5. The maximum Gasteiger partial charge on any atom is 0.224 e. The highest BCUT2D eigenvalue weighted by Crippen LogP contribution is 2.36. The first-order valence-corrected chi connectivity index (χ1v) is 7.84. The Morgan fingerprint density at radius 2 is 1.91 bits per heavy atom. The van der Waals surface area contributed by atoms with Crippen molar-refractivity contribution in [3.63, 3.8) is 0 Å². The largest absolute Gasteiger partial charge is 0.493 e. The van der Waals surface area contributed by atoms with E-state index in [-0.39, 0.29) is 5.28 Å². The fraction of sp³-hybridized carbons (Fsp3) is 0.500. The number of rotatable bonds is 3. The Bertz CT molecular complexity index is 693. The van der Waals surface area contributed by atoms with Crippen LogP contribution in [-0.4, -0.2) is 37.3 Å². The van der Waals surface area contributed by atoms with Crippen LogP contribution >= 0.6 is 11.6 Å². The summed E-state index contributed by atoms with van der Waals surface area (Å²) < 4.78 is 10.8. The average molecular weight is 322 g/mol. The molecule has 1 aromatic carbocycles. The Balaban J connectivity index is 2.16. The van der Waals surface area contributed by atoms with Crippen molar-refractivity contribution in [2.45, 2.75) is 19.8 Å². The zero-order valence-corrected chi connectivity index (χ0v) is 13.9. The molecule has 6 heteroatoms. The minimum Gasteiger partial charge on any atom is -0.493 e. The van der Waals surface area contributed by atoms with E-state index in [2.05, 4.69) is 21.8 Å². The molecule has 22 heavy (non-hydrogen) atoms. The molecule has 2 heterocycles. The Morgan fingerprint density at radius 3 is 2.59 bits per heavy atom. The number of fused-ring (bicyclic) bond motifs is 1. The van der Waals surface area contributed by atoms with E-state index >= 15 is 0 Å². The van der Waals surface area contributed by atoms with Gasteiger partial charge in [-0.3, -0.25) is 0 Å². The Hall–Kier alpha value is -1.75. The minimum atomic E-state index is 0.257. The number of nitrogens with zero attached hydrogens (tertiary/aromatic N) is 3. The monoisotopic (exact) mass is 321 g/mol. The molecule has 1 fully saturated rings. The van der Waals surface area contributed by atoms with Gasteiger partial charge in [-0.05, 0) is 36.4 Å². The fourth-order valence-corrected chi connectivity index (χ4v) is 3.21. The summed E-state index contributed by atoms with van der Waals surface area (Å²) in [6.07, 6.45) is 2.42. The number of halogens is 1. The van der Waals surface area contributed by atoms with Gasteiger partial charge in [-0.15, -0.1) is 0 Å². The van der Waals surface area contributed by atoms with Crippen molar-refractivity contribution >= 4 is 28.3 Å². The normalized spacial score (nSPS) is 18.5. The van der Waals surface area contributed by atoms with E-state index < -0.39 is 0 Å². The van der Waals surface area contributed by atoms with Gasteiger partial charge in [0.05, 0.1) is 19.7 Å². The molecule has 0 amide bonds. The van der Waals surface area contributed by atoms with Gasteiger partial charge in [-0.25, -0.2) is 4.98 Å². The van der Waals surface area contributed by atoms with E-state index in [1.54, 1.807) is 14.2 Å². The van der Waals surface area contributed by atoms with Gasteiger partial charge in [-0.1, -0.05) is 6.92 Å². The quantitative estimate of drug-likeness (QED) is 0.809. The molecule has 118 valence electrons. The van der Waals surface area contributed by atoms with Crippen molar-refractivity contribution in [1.29, 1.82) is 0 Å². The smallest absolute Gasteiger partial charge is 0.224 e. The highest BCUT2D eigenvalue weighted by atomic mass is 35.5. The third-order valence-electron chi connectivity index (χ3n) is 4.11. The third-order valence-corrected chi connectivity index (χ3v) is 4.28. The van der Waals surface area contributed by atoms with Crippen LogP contribution in [0.4, 0.5) is 5.82 Å². The first-order chi connectivity index (χ1) is 10.6. The van der Waals surface area contributed by atoms with Crippen LogP contribution in [0.2, 0.25) is 5.28 Å². The fourth-order valence-electron chi connectivity index (χ4n) is 3.03. The van der Waals surface area contributed by atoms with E-state index in [9.17, 15) is 0 Å². The lowest BCUT2D eigenvalue weighted by Gasteiger charge is -2.32. The second-order valence-corrected chi connectivity index (χ2v) is 6.07. The number of methoxy groups -OCH3 is 2. The van der Waals surface area contributed by atoms with Gasteiger partial charge >= 0.3 is 0 Å². The van der Waals surface area contributed by atoms with Crippen LogP contribution in [0.15, 0.2) is 12.1 Å². The van der Waals surface area contributed by atoms with Crippen LogP contribution in [0, 0.1) is 5.92 Å². The van der Waals surface area contributed by atoms with E-state index in [0.717, 1.165) is 36.2 Å². The molecule has 1 saturated heterocycles. The molecule has 0 aliphatic carbocycles. The van der Waals surface area contributed by atoms with Crippen molar-refractivity contribution < 1.29 is 9.47 Å². The highest BCUT2D eigenvalue weighted by molar-refractivity contribution is 6.28. The van der Waals surface area contributed by atoms with Crippen molar-refractivity contribution in [3.8, 4) is 11.5 Å². The number of aromatic nitrogens is 2. The lowest BCUT2D eigenvalue weighted by atomic mass is 10.00. The van der Waals surface area contributed by atoms with Crippen LogP contribution in [0.5, 0.6) is 11.5 Å². The highest BCUT2D eigenvalue weighted by Gasteiger charge is 2.21. The lowest BCUT2D eigenvalue weighted by molar-refractivity contribution is 0.355. The molecule has 0 spiro atoms. The topological polar surface area (TPSA) is 47.5 Å². The summed E-state index contributed by atoms with van der Waals surface area (Å²) in [5.41, 5.74) is 0.769. The Morgan fingerprint density at radius 1 is 1.18 bits per heavy atom. The van der Waals surface area contributed by atoms with Crippen LogP contribution in [0.3, 0.4) is 0 Å². The van der Waals surface area contributed by atoms with Crippen LogP contribution < -0.4 is 14.4 Å². The first kappa shape index (κ1) is 15.2. The van der Waals surface area contributed by atoms with E-state index in [0.29, 0.717) is 17.4 Å². The average Bonchev–Trinajstić information content (AvgIpc) is 2.52. The third kappa shape index (κ3) is 2.77. The van der Waals surface area contributed by atoms with E-state index in [1.807, 2.05) is 12.1 Å². The molecule has 3 rings (SSSR count). The number of hydrogen-bond donors (Lipinski definition) is 0. The second kappa shape index (κ2) is 6.16. The maximum atomic E-state index is 6.13. The van der Waals surface area contributed by atoms with E-state index in [4.69, 9.17) is 21.1 Å². The molecule has 5 nitrogen and oxygen atoms in total. The van der Waals surface area contributed by atoms with Crippen molar-refractivity contribution in [2.75, 3.05) is 32.2 Å². The van der Waals surface area contributed by atoms with Gasteiger partial charge in [0, 0.05) is 24.5 Å². The molecule has 1 atom stereocenters. The minimum absolute atomic E-state index is 0.257. The predicted molar refractivity (Wildman–Crippen MR) is 88.3 cm³/mol. The van der Waals surface area contributed by atoms with Gasteiger partial charge in [0.1, 0.15) is 5.82 Å². The van der Waals surface area contributed by atoms with Crippen molar-refractivity contribution in [1.82, 2.24) is 9.97 Å². The molecule has 2 aromatic rings. The number of ether oxygens (including phenoxy) is 2. The van der Waals surface area contributed by atoms with Gasteiger partial charge in [0.2, 0.25) is 5.28 Å². The molecule has 0 N–H and O–H groups in total. The Labute approximate surface area is 135 Å². The van der Waals surface area contributed by atoms with Gasteiger partial charge in [-0.2, -0.15) is 4.98 Å². The molecule has 1 aromatic heterocycles. The summed E-state index contributed by atoms with van der Waals surface area (Å²) in [4.78, 5) is 11.1. The summed E-state index contributed by atoms with van der Waals surface area (Å²) in [5.74, 6) is 2.84. The zero-order valence-electron chi connectivity index (χ0n) is 13.1. The first-order valence-electron chi connectivity index (χ1n) is 7.46. The summed E-state index contributed by atoms with van der Waals surface area (Å²) in [5, 5.41) is 1.20.